The predicted molar refractivity (Wildman–Crippen MR) is 93.8 cm³/mol. The Bertz CT molecular complexity index is 705. The number of amides is 2. The highest BCUT2D eigenvalue weighted by Gasteiger charge is 2.36. The Balaban J connectivity index is 1.74. The average Bonchev–Trinajstić information content (AvgIpc) is 3.16. The van der Waals surface area contributed by atoms with Crippen LogP contribution in [-0.2, 0) is 0 Å². The van der Waals surface area contributed by atoms with E-state index >= 15 is 0 Å². The SMILES string of the molecule is C[C@H]1CN(C(=O)c2ccc(Br)o2)[C@@H](C)CN1C(=O)c1ccc(Br)o1. The molecule has 1 fully saturated rings. The Labute approximate surface area is 156 Å². The molecule has 128 valence electrons. The molecule has 2 amide bonds. The standard InChI is InChI=1S/C16H16Br2N2O4/c1-9-7-20(16(22)12-4-6-14(18)24-12)10(2)8-19(9)15(21)11-3-5-13(17)23-11/h3-6,9-10H,7-8H2,1-2H3/t9-,10-/m0/s1. The van der Waals surface area contributed by atoms with E-state index in [0.29, 0.717) is 22.4 Å². The van der Waals surface area contributed by atoms with E-state index in [4.69, 9.17) is 8.83 Å². The minimum absolute atomic E-state index is 0.125. The number of nitrogens with zero attached hydrogens (tertiary/aromatic N) is 2. The fourth-order valence-electron chi connectivity index (χ4n) is 2.83. The number of halogens is 2. The molecule has 2 atom stereocenters. The average molecular weight is 460 g/mol. The van der Waals surface area contributed by atoms with Gasteiger partial charge in [-0.3, -0.25) is 9.59 Å². The van der Waals surface area contributed by atoms with Gasteiger partial charge in [0.05, 0.1) is 0 Å². The molecular formula is C16H16Br2N2O4. The van der Waals surface area contributed by atoms with Crippen molar-refractivity contribution in [3.8, 4) is 0 Å². The van der Waals surface area contributed by atoms with Gasteiger partial charge in [0, 0.05) is 25.2 Å². The van der Waals surface area contributed by atoms with E-state index < -0.39 is 0 Å². The van der Waals surface area contributed by atoms with E-state index in [-0.39, 0.29) is 35.4 Å². The minimum Gasteiger partial charge on any atom is -0.444 e. The first-order chi connectivity index (χ1) is 11.4. The molecule has 0 unspecified atom stereocenters. The van der Waals surface area contributed by atoms with Gasteiger partial charge in [0.2, 0.25) is 0 Å². The summed E-state index contributed by atoms with van der Waals surface area (Å²) in [7, 11) is 0. The Kier molecular flexibility index (Phi) is 4.87. The van der Waals surface area contributed by atoms with Gasteiger partial charge in [-0.2, -0.15) is 0 Å². The maximum absolute atomic E-state index is 12.6. The smallest absolute Gasteiger partial charge is 0.289 e. The molecule has 8 heteroatoms. The molecule has 1 saturated heterocycles. The summed E-state index contributed by atoms with van der Waals surface area (Å²) in [6.45, 7) is 4.71. The third-order valence-electron chi connectivity index (χ3n) is 4.08. The van der Waals surface area contributed by atoms with Crippen molar-refractivity contribution in [1.82, 2.24) is 9.80 Å². The first-order valence-electron chi connectivity index (χ1n) is 7.49. The van der Waals surface area contributed by atoms with Gasteiger partial charge in [-0.1, -0.05) is 0 Å². The zero-order valence-electron chi connectivity index (χ0n) is 13.2. The van der Waals surface area contributed by atoms with Crippen LogP contribution >= 0.6 is 31.9 Å². The lowest BCUT2D eigenvalue weighted by atomic mass is 10.1. The predicted octanol–water partition coefficient (Wildman–Crippen LogP) is 3.77. The number of hydrogen-bond donors (Lipinski definition) is 0. The molecule has 0 N–H and O–H groups in total. The lowest BCUT2D eigenvalue weighted by molar-refractivity contribution is 0.0237. The van der Waals surface area contributed by atoms with Gasteiger partial charge < -0.3 is 18.6 Å². The fraction of sp³-hybridized carbons (Fsp3) is 0.375. The van der Waals surface area contributed by atoms with Crippen LogP contribution in [0.15, 0.2) is 42.4 Å². The maximum atomic E-state index is 12.6. The number of hydrogen-bond acceptors (Lipinski definition) is 4. The summed E-state index contributed by atoms with van der Waals surface area (Å²) in [6.07, 6.45) is 0. The third kappa shape index (κ3) is 3.30. The number of furan rings is 2. The summed E-state index contributed by atoms with van der Waals surface area (Å²) < 4.78 is 11.7. The lowest BCUT2D eigenvalue weighted by Gasteiger charge is -2.43. The molecule has 1 aliphatic rings. The molecular weight excluding hydrogens is 444 g/mol. The Morgan fingerprint density at radius 1 is 0.875 bits per heavy atom. The second-order valence-electron chi connectivity index (χ2n) is 5.82. The minimum atomic E-state index is -0.173. The van der Waals surface area contributed by atoms with E-state index in [0.717, 1.165) is 0 Å². The number of carbonyl (C=O) groups is 2. The summed E-state index contributed by atoms with van der Waals surface area (Å²) in [6, 6.07) is 6.41. The summed E-state index contributed by atoms with van der Waals surface area (Å²) >= 11 is 6.41. The number of rotatable bonds is 2. The Morgan fingerprint density at radius 3 is 1.54 bits per heavy atom. The first kappa shape index (κ1) is 17.3. The molecule has 0 aromatic carbocycles. The monoisotopic (exact) mass is 458 g/mol. The van der Waals surface area contributed by atoms with Crippen molar-refractivity contribution in [3.63, 3.8) is 0 Å². The second-order valence-corrected chi connectivity index (χ2v) is 7.38. The summed E-state index contributed by atoms with van der Waals surface area (Å²) in [4.78, 5) is 28.7. The van der Waals surface area contributed by atoms with Crippen molar-refractivity contribution in [1.29, 1.82) is 0 Å². The highest BCUT2D eigenvalue weighted by Crippen LogP contribution is 2.23. The summed E-state index contributed by atoms with van der Waals surface area (Å²) in [5.41, 5.74) is 0. The van der Waals surface area contributed by atoms with Gasteiger partial charge in [0.25, 0.3) is 11.8 Å². The molecule has 0 radical (unpaired) electrons. The Hall–Kier alpha value is -1.54. The zero-order valence-corrected chi connectivity index (χ0v) is 16.3. The summed E-state index contributed by atoms with van der Waals surface area (Å²) in [5, 5.41) is 0. The van der Waals surface area contributed by atoms with E-state index in [1.165, 1.54) is 0 Å². The zero-order chi connectivity index (χ0) is 17.4. The second kappa shape index (κ2) is 6.76. The molecule has 3 heterocycles. The summed E-state index contributed by atoms with van der Waals surface area (Å²) in [5.74, 6) is 0.229. The van der Waals surface area contributed by atoms with Crippen LogP contribution in [0.25, 0.3) is 0 Å². The van der Waals surface area contributed by atoms with Gasteiger partial charge in [-0.25, -0.2) is 0 Å². The van der Waals surface area contributed by atoms with Crippen LogP contribution < -0.4 is 0 Å². The molecule has 0 saturated carbocycles. The fourth-order valence-corrected chi connectivity index (χ4v) is 3.45. The normalized spacial score (nSPS) is 21.2. The largest absolute Gasteiger partial charge is 0.444 e. The van der Waals surface area contributed by atoms with Gasteiger partial charge in [-0.05, 0) is 70.0 Å². The Morgan fingerprint density at radius 2 is 1.25 bits per heavy atom. The van der Waals surface area contributed by atoms with Crippen LogP contribution in [0.4, 0.5) is 0 Å². The molecule has 6 nitrogen and oxygen atoms in total. The van der Waals surface area contributed by atoms with E-state index in [9.17, 15) is 9.59 Å². The lowest BCUT2D eigenvalue weighted by Crippen LogP contribution is -2.59. The van der Waals surface area contributed by atoms with Crippen LogP contribution in [0.1, 0.15) is 35.0 Å². The molecule has 24 heavy (non-hydrogen) atoms. The molecule has 2 aromatic heterocycles. The quantitative estimate of drug-likeness (QED) is 0.685. The van der Waals surface area contributed by atoms with Crippen LogP contribution in [0.3, 0.4) is 0 Å². The van der Waals surface area contributed by atoms with Crippen molar-refractivity contribution >= 4 is 43.7 Å². The van der Waals surface area contributed by atoms with Crippen molar-refractivity contribution in [2.24, 2.45) is 0 Å². The van der Waals surface area contributed by atoms with Gasteiger partial charge in [0.1, 0.15) is 0 Å². The van der Waals surface area contributed by atoms with E-state index in [1.807, 2.05) is 13.8 Å². The van der Waals surface area contributed by atoms with Crippen LogP contribution in [0, 0.1) is 0 Å². The molecule has 0 spiro atoms. The number of carbonyl (C=O) groups excluding carboxylic acids is 2. The number of piperazine rings is 1. The molecule has 1 aliphatic heterocycles. The van der Waals surface area contributed by atoms with Gasteiger partial charge in [-0.15, -0.1) is 0 Å². The van der Waals surface area contributed by atoms with Crippen LogP contribution in [0.2, 0.25) is 0 Å². The van der Waals surface area contributed by atoms with Gasteiger partial charge in [0.15, 0.2) is 20.9 Å². The van der Waals surface area contributed by atoms with Crippen molar-refractivity contribution in [2.75, 3.05) is 13.1 Å². The molecule has 0 bridgehead atoms. The highest BCUT2D eigenvalue weighted by atomic mass is 79.9. The van der Waals surface area contributed by atoms with Crippen molar-refractivity contribution in [3.05, 3.63) is 45.1 Å². The maximum Gasteiger partial charge on any atom is 0.289 e. The van der Waals surface area contributed by atoms with E-state index in [1.54, 1.807) is 34.1 Å². The van der Waals surface area contributed by atoms with E-state index in [2.05, 4.69) is 31.9 Å². The third-order valence-corrected chi connectivity index (χ3v) is 4.93. The first-order valence-corrected chi connectivity index (χ1v) is 9.08. The van der Waals surface area contributed by atoms with Crippen molar-refractivity contribution < 1.29 is 18.4 Å². The van der Waals surface area contributed by atoms with Crippen LogP contribution in [-0.4, -0.2) is 46.8 Å². The van der Waals surface area contributed by atoms with Crippen molar-refractivity contribution in [2.45, 2.75) is 25.9 Å². The molecule has 2 aromatic rings. The molecule has 3 rings (SSSR count). The molecule has 0 aliphatic carbocycles. The van der Waals surface area contributed by atoms with Crippen LogP contribution in [0.5, 0.6) is 0 Å². The highest BCUT2D eigenvalue weighted by molar-refractivity contribution is 9.10. The topological polar surface area (TPSA) is 66.9 Å². The van der Waals surface area contributed by atoms with Gasteiger partial charge >= 0.3 is 0 Å².